The lowest BCUT2D eigenvalue weighted by Crippen LogP contribution is -2.15. The van der Waals surface area contributed by atoms with E-state index in [0.717, 1.165) is 4.21 Å². The third-order valence-corrected chi connectivity index (χ3v) is 4.26. The highest BCUT2D eigenvalue weighted by Gasteiger charge is 2.07. The minimum atomic E-state index is -0.418. The summed E-state index contributed by atoms with van der Waals surface area (Å²) >= 11 is 3.04. The first-order valence-corrected chi connectivity index (χ1v) is 7.03. The molecule has 0 saturated heterocycles. The molecule has 0 aliphatic rings. The van der Waals surface area contributed by atoms with E-state index in [-0.39, 0.29) is 11.6 Å². The highest BCUT2D eigenvalue weighted by atomic mass is 32.2. The van der Waals surface area contributed by atoms with Crippen molar-refractivity contribution in [3.8, 4) is 0 Å². The molecule has 0 fully saturated rings. The van der Waals surface area contributed by atoms with Gasteiger partial charge in [-0.1, -0.05) is 6.07 Å². The maximum Gasteiger partial charge on any atom is 0.234 e. The zero-order valence-electron chi connectivity index (χ0n) is 9.35. The largest absolute Gasteiger partial charge is 0.397 e. The Labute approximate surface area is 112 Å². The van der Waals surface area contributed by atoms with Crippen molar-refractivity contribution in [3.63, 3.8) is 0 Å². The van der Waals surface area contributed by atoms with Crippen LogP contribution in [0.25, 0.3) is 0 Å². The van der Waals surface area contributed by atoms with Crippen LogP contribution in [-0.2, 0) is 4.79 Å². The first-order valence-electron chi connectivity index (χ1n) is 5.16. The summed E-state index contributed by atoms with van der Waals surface area (Å²) in [5.41, 5.74) is 6.27. The predicted molar refractivity (Wildman–Crippen MR) is 74.5 cm³/mol. The number of nitrogens with one attached hydrogen (secondary N) is 1. The second-order valence-corrected chi connectivity index (χ2v) is 5.72. The van der Waals surface area contributed by atoms with E-state index in [4.69, 9.17) is 5.73 Å². The normalized spacial score (nSPS) is 10.3. The molecule has 0 radical (unpaired) electrons. The van der Waals surface area contributed by atoms with Crippen molar-refractivity contribution in [1.82, 2.24) is 0 Å². The number of thioether (sulfide) groups is 1. The summed E-state index contributed by atoms with van der Waals surface area (Å²) in [5.74, 6) is -0.276. The minimum Gasteiger partial charge on any atom is -0.397 e. The molecule has 0 unspecified atom stereocenters. The average Bonchev–Trinajstić information content (AvgIpc) is 2.83. The molecular weight excluding hydrogens is 271 g/mol. The topological polar surface area (TPSA) is 55.1 Å². The molecule has 3 N–H and O–H groups in total. The van der Waals surface area contributed by atoms with E-state index in [2.05, 4.69) is 5.32 Å². The Balaban J connectivity index is 1.91. The average molecular weight is 282 g/mol. The summed E-state index contributed by atoms with van der Waals surface area (Å²) in [6, 6.07) is 7.79. The molecule has 2 rings (SSSR count). The van der Waals surface area contributed by atoms with Crippen molar-refractivity contribution < 1.29 is 9.18 Å². The number of nitrogens with two attached hydrogens (primary N) is 1. The number of rotatable bonds is 4. The minimum absolute atomic E-state index is 0.160. The molecule has 1 amide bonds. The first-order chi connectivity index (χ1) is 8.65. The number of nitrogen functional groups attached to an aromatic ring is 1. The first kappa shape index (κ1) is 12.9. The van der Waals surface area contributed by atoms with E-state index in [0.29, 0.717) is 11.4 Å². The number of halogens is 1. The molecule has 0 aliphatic heterocycles. The zero-order valence-corrected chi connectivity index (χ0v) is 11.0. The Morgan fingerprint density at radius 2 is 2.28 bits per heavy atom. The third kappa shape index (κ3) is 3.48. The van der Waals surface area contributed by atoms with Crippen LogP contribution >= 0.6 is 23.1 Å². The van der Waals surface area contributed by atoms with E-state index in [1.807, 2.05) is 17.5 Å². The Bertz CT molecular complexity index is 543. The fourth-order valence-corrected chi connectivity index (χ4v) is 2.90. The quantitative estimate of drug-likeness (QED) is 0.669. The van der Waals surface area contributed by atoms with Gasteiger partial charge in [0, 0.05) is 0 Å². The smallest absolute Gasteiger partial charge is 0.234 e. The summed E-state index contributed by atoms with van der Waals surface area (Å²) < 4.78 is 13.9. The summed E-state index contributed by atoms with van der Waals surface area (Å²) in [6.07, 6.45) is 0. The highest BCUT2D eigenvalue weighted by Crippen LogP contribution is 2.24. The Morgan fingerprint density at radius 1 is 1.44 bits per heavy atom. The van der Waals surface area contributed by atoms with Crippen LogP contribution in [0.2, 0.25) is 0 Å². The highest BCUT2D eigenvalue weighted by molar-refractivity contribution is 8.01. The third-order valence-electron chi connectivity index (χ3n) is 2.13. The molecule has 0 saturated carbocycles. The lowest BCUT2D eigenvalue weighted by Gasteiger charge is -2.07. The van der Waals surface area contributed by atoms with Gasteiger partial charge in [-0.3, -0.25) is 4.79 Å². The summed E-state index contributed by atoms with van der Waals surface area (Å²) in [6.45, 7) is 0. The van der Waals surface area contributed by atoms with Gasteiger partial charge in [-0.2, -0.15) is 0 Å². The standard InChI is InChI=1S/C12H11FN2OS2/c13-8-3-4-10(9(14)6-8)15-11(16)7-18-12-2-1-5-17-12/h1-6H,7,14H2,(H,15,16). The number of carbonyl (C=O) groups excluding carboxylic acids is 1. The summed E-state index contributed by atoms with van der Waals surface area (Å²) in [7, 11) is 0. The van der Waals surface area contributed by atoms with Crippen LogP contribution in [0.3, 0.4) is 0 Å². The van der Waals surface area contributed by atoms with Crippen molar-refractivity contribution >= 4 is 40.4 Å². The van der Waals surface area contributed by atoms with Crippen molar-refractivity contribution in [3.05, 3.63) is 41.5 Å². The van der Waals surface area contributed by atoms with Crippen LogP contribution in [0.4, 0.5) is 15.8 Å². The Kier molecular flexibility index (Phi) is 4.22. The van der Waals surface area contributed by atoms with Gasteiger partial charge >= 0.3 is 0 Å². The van der Waals surface area contributed by atoms with Gasteiger partial charge in [0.05, 0.1) is 21.3 Å². The zero-order chi connectivity index (χ0) is 13.0. The van der Waals surface area contributed by atoms with Crippen LogP contribution in [0.15, 0.2) is 39.9 Å². The number of thiophene rings is 1. The molecule has 0 aliphatic carbocycles. The van der Waals surface area contributed by atoms with Crippen LogP contribution in [0.5, 0.6) is 0 Å². The molecule has 0 spiro atoms. The molecule has 6 heteroatoms. The second kappa shape index (κ2) is 5.88. The molecule has 1 heterocycles. The van der Waals surface area contributed by atoms with Gasteiger partial charge in [0.1, 0.15) is 5.82 Å². The molecule has 18 heavy (non-hydrogen) atoms. The van der Waals surface area contributed by atoms with Crippen molar-refractivity contribution in [1.29, 1.82) is 0 Å². The fraction of sp³-hybridized carbons (Fsp3) is 0.0833. The molecule has 0 bridgehead atoms. The monoisotopic (exact) mass is 282 g/mol. The predicted octanol–water partition coefficient (Wildman–Crippen LogP) is 3.20. The van der Waals surface area contributed by atoms with Crippen LogP contribution in [0, 0.1) is 5.82 Å². The van der Waals surface area contributed by atoms with Crippen LogP contribution in [0.1, 0.15) is 0 Å². The molecule has 1 aromatic heterocycles. The SMILES string of the molecule is Nc1cc(F)ccc1NC(=O)CSc1cccs1. The summed E-state index contributed by atoms with van der Waals surface area (Å²) in [4.78, 5) is 11.7. The van der Waals surface area contributed by atoms with Crippen molar-refractivity contribution in [2.75, 3.05) is 16.8 Å². The van der Waals surface area contributed by atoms with Gasteiger partial charge in [-0.15, -0.1) is 23.1 Å². The number of anilines is 2. The number of hydrogen-bond donors (Lipinski definition) is 2. The second-order valence-electron chi connectivity index (χ2n) is 3.50. The molecule has 1 aromatic carbocycles. The number of carbonyl (C=O) groups is 1. The van der Waals surface area contributed by atoms with Gasteiger partial charge in [-0.05, 0) is 29.6 Å². The summed E-state index contributed by atoms with van der Waals surface area (Å²) in [5, 5.41) is 4.61. The van der Waals surface area contributed by atoms with E-state index in [1.54, 1.807) is 11.3 Å². The van der Waals surface area contributed by atoms with E-state index >= 15 is 0 Å². The van der Waals surface area contributed by atoms with E-state index in [1.165, 1.54) is 30.0 Å². The molecule has 3 nitrogen and oxygen atoms in total. The van der Waals surface area contributed by atoms with Gasteiger partial charge in [0.15, 0.2) is 0 Å². The van der Waals surface area contributed by atoms with Gasteiger partial charge in [-0.25, -0.2) is 4.39 Å². The van der Waals surface area contributed by atoms with Crippen molar-refractivity contribution in [2.45, 2.75) is 4.21 Å². The molecular formula is C12H11FN2OS2. The van der Waals surface area contributed by atoms with E-state index < -0.39 is 5.82 Å². The lowest BCUT2D eigenvalue weighted by atomic mass is 10.2. The van der Waals surface area contributed by atoms with Crippen LogP contribution in [-0.4, -0.2) is 11.7 Å². The maximum absolute atomic E-state index is 12.8. The Morgan fingerprint density at radius 3 is 2.94 bits per heavy atom. The van der Waals surface area contributed by atoms with Crippen LogP contribution < -0.4 is 11.1 Å². The molecule has 2 aromatic rings. The van der Waals surface area contributed by atoms with Crippen molar-refractivity contribution in [2.24, 2.45) is 0 Å². The van der Waals surface area contributed by atoms with Gasteiger partial charge < -0.3 is 11.1 Å². The molecule has 0 atom stereocenters. The van der Waals surface area contributed by atoms with Gasteiger partial charge in [0.2, 0.25) is 5.91 Å². The number of benzene rings is 1. The fourth-order valence-electron chi connectivity index (χ4n) is 1.32. The number of hydrogen-bond acceptors (Lipinski definition) is 4. The molecule has 94 valence electrons. The lowest BCUT2D eigenvalue weighted by molar-refractivity contribution is -0.113. The van der Waals surface area contributed by atoms with Gasteiger partial charge in [0.25, 0.3) is 0 Å². The maximum atomic E-state index is 12.8. The Hall–Kier alpha value is -1.53. The van der Waals surface area contributed by atoms with E-state index in [9.17, 15) is 9.18 Å². The number of amides is 1.